The van der Waals surface area contributed by atoms with Gasteiger partial charge in [-0.25, -0.2) is 9.78 Å². The number of halogens is 1. The monoisotopic (exact) mass is 271 g/mol. The number of ether oxygens (including phenoxy) is 2. The lowest BCUT2D eigenvalue weighted by Gasteiger charge is -2.14. The highest BCUT2D eigenvalue weighted by Crippen LogP contribution is 2.41. The predicted molar refractivity (Wildman–Crippen MR) is 56.5 cm³/mol. The number of esters is 1. The molecule has 0 spiro atoms. The van der Waals surface area contributed by atoms with Crippen LogP contribution in [0.15, 0.2) is 22.9 Å². The van der Waals surface area contributed by atoms with Gasteiger partial charge in [-0.2, -0.15) is 0 Å². The Morgan fingerprint density at radius 1 is 1.53 bits per heavy atom. The molecule has 1 fully saturated rings. The fourth-order valence-corrected chi connectivity index (χ4v) is 1.53. The van der Waals surface area contributed by atoms with Gasteiger partial charge >= 0.3 is 5.97 Å². The number of nitrogens with zero attached hydrogens (tertiary/aromatic N) is 1. The molecule has 0 bridgehead atoms. The minimum Gasteiger partial charge on any atom is -0.474 e. The van der Waals surface area contributed by atoms with Crippen molar-refractivity contribution in [2.45, 2.75) is 18.4 Å². The van der Waals surface area contributed by atoms with E-state index in [9.17, 15) is 4.79 Å². The van der Waals surface area contributed by atoms with Crippen molar-refractivity contribution in [3.05, 3.63) is 22.9 Å². The summed E-state index contributed by atoms with van der Waals surface area (Å²) in [6, 6.07) is 3.53. The molecule has 1 aromatic heterocycles. The minimum atomic E-state index is -0.760. The Labute approximate surface area is 95.7 Å². The van der Waals surface area contributed by atoms with Crippen LogP contribution in [0.5, 0.6) is 5.75 Å². The summed E-state index contributed by atoms with van der Waals surface area (Å²) in [5.41, 5.74) is -0.760. The highest BCUT2D eigenvalue weighted by molar-refractivity contribution is 9.10. The molecule has 0 unspecified atom stereocenters. The van der Waals surface area contributed by atoms with Crippen molar-refractivity contribution in [3.8, 4) is 5.75 Å². The predicted octanol–water partition coefficient (Wildman–Crippen LogP) is 1.93. The Morgan fingerprint density at radius 3 is 2.73 bits per heavy atom. The van der Waals surface area contributed by atoms with Crippen LogP contribution in [0, 0.1) is 0 Å². The second-order valence-electron chi connectivity index (χ2n) is 3.40. The molecule has 2 rings (SSSR count). The molecule has 1 aromatic rings. The average molecular weight is 272 g/mol. The Hall–Kier alpha value is -1.10. The van der Waals surface area contributed by atoms with E-state index in [0.717, 1.165) is 4.60 Å². The topological polar surface area (TPSA) is 48.4 Å². The zero-order valence-electron chi connectivity index (χ0n) is 8.20. The summed E-state index contributed by atoms with van der Waals surface area (Å²) in [6.45, 7) is 0. The lowest BCUT2D eigenvalue weighted by atomic mass is 10.3. The van der Waals surface area contributed by atoms with Crippen molar-refractivity contribution in [2.75, 3.05) is 7.11 Å². The van der Waals surface area contributed by atoms with E-state index in [0.29, 0.717) is 18.6 Å². The van der Waals surface area contributed by atoms with Crippen LogP contribution in [0.1, 0.15) is 12.8 Å². The number of hydrogen-bond acceptors (Lipinski definition) is 4. The van der Waals surface area contributed by atoms with Crippen LogP contribution in [0.4, 0.5) is 0 Å². The summed E-state index contributed by atoms with van der Waals surface area (Å²) < 4.78 is 11.0. The number of pyridine rings is 1. The Morgan fingerprint density at radius 2 is 2.27 bits per heavy atom. The van der Waals surface area contributed by atoms with Gasteiger partial charge in [0.15, 0.2) is 0 Å². The first-order valence-corrected chi connectivity index (χ1v) is 5.34. The lowest BCUT2D eigenvalue weighted by Crippen LogP contribution is -2.30. The quantitative estimate of drug-likeness (QED) is 0.623. The number of methoxy groups -OCH3 is 1. The largest absolute Gasteiger partial charge is 0.474 e. The molecule has 0 aromatic carbocycles. The summed E-state index contributed by atoms with van der Waals surface area (Å²) in [4.78, 5) is 15.4. The third-order valence-electron chi connectivity index (χ3n) is 2.27. The molecule has 4 nitrogen and oxygen atoms in total. The van der Waals surface area contributed by atoms with Gasteiger partial charge in [0, 0.05) is 12.8 Å². The van der Waals surface area contributed by atoms with Crippen LogP contribution in [-0.4, -0.2) is 23.7 Å². The van der Waals surface area contributed by atoms with E-state index in [1.54, 1.807) is 18.3 Å². The van der Waals surface area contributed by atoms with Crippen LogP contribution in [0.25, 0.3) is 0 Å². The minimum absolute atomic E-state index is 0.314. The molecular weight excluding hydrogens is 262 g/mol. The highest BCUT2D eigenvalue weighted by atomic mass is 79.9. The van der Waals surface area contributed by atoms with E-state index in [1.807, 2.05) is 0 Å². The number of hydrogen-bond donors (Lipinski definition) is 0. The Kier molecular flexibility index (Phi) is 2.65. The maximum Gasteiger partial charge on any atom is 0.350 e. The average Bonchev–Trinajstić information content (AvgIpc) is 3.01. The van der Waals surface area contributed by atoms with Crippen LogP contribution < -0.4 is 4.74 Å². The molecule has 0 aliphatic heterocycles. The Balaban J connectivity index is 2.09. The molecular formula is C10H10BrNO3. The zero-order valence-corrected chi connectivity index (χ0v) is 9.78. The van der Waals surface area contributed by atoms with Crippen LogP contribution in [-0.2, 0) is 9.53 Å². The molecule has 15 heavy (non-hydrogen) atoms. The first-order valence-electron chi connectivity index (χ1n) is 4.55. The van der Waals surface area contributed by atoms with Crippen LogP contribution in [0.3, 0.4) is 0 Å². The van der Waals surface area contributed by atoms with E-state index in [1.165, 1.54) is 7.11 Å². The molecule has 80 valence electrons. The molecule has 5 heteroatoms. The van der Waals surface area contributed by atoms with Gasteiger partial charge < -0.3 is 9.47 Å². The van der Waals surface area contributed by atoms with Crippen molar-refractivity contribution in [3.63, 3.8) is 0 Å². The molecule has 0 amide bonds. The molecule has 0 atom stereocenters. The summed E-state index contributed by atoms with van der Waals surface area (Å²) in [5.74, 6) is 0.270. The molecule has 0 radical (unpaired) electrons. The third kappa shape index (κ3) is 2.12. The van der Waals surface area contributed by atoms with Gasteiger partial charge in [0.25, 0.3) is 0 Å². The molecule has 0 saturated heterocycles. The van der Waals surface area contributed by atoms with Gasteiger partial charge in [-0.15, -0.1) is 0 Å². The van der Waals surface area contributed by atoms with E-state index in [4.69, 9.17) is 4.74 Å². The van der Waals surface area contributed by atoms with Gasteiger partial charge in [0.05, 0.1) is 13.3 Å². The molecule has 1 saturated carbocycles. The fourth-order valence-electron chi connectivity index (χ4n) is 1.30. The normalized spacial score (nSPS) is 16.9. The molecule has 1 aliphatic rings. The van der Waals surface area contributed by atoms with E-state index in [2.05, 4.69) is 25.7 Å². The van der Waals surface area contributed by atoms with Crippen molar-refractivity contribution in [2.24, 2.45) is 0 Å². The van der Waals surface area contributed by atoms with Gasteiger partial charge in [0.2, 0.25) is 5.60 Å². The molecule has 1 aliphatic carbocycles. The molecule has 0 N–H and O–H groups in total. The second kappa shape index (κ2) is 3.81. The summed E-state index contributed by atoms with van der Waals surface area (Å²) in [6.07, 6.45) is 2.98. The fraction of sp³-hybridized carbons (Fsp3) is 0.400. The van der Waals surface area contributed by atoms with Crippen molar-refractivity contribution >= 4 is 21.9 Å². The van der Waals surface area contributed by atoms with Gasteiger partial charge in [-0.3, -0.25) is 0 Å². The van der Waals surface area contributed by atoms with E-state index in [-0.39, 0.29) is 5.97 Å². The second-order valence-corrected chi connectivity index (χ2v) is 4.22. The number of aromatic nitrogens is 1. The van der Waals surface area contributed by atoms with Crippen LogP contribution >= 0.6 is 15.9 Å². The van der Waals surface area contributed by atoms with Gasteiger partial charge in [-0.1, -0.05) is 0 Å². The smallest absolute Gasteiger partial charge is 0.350 e. The highest BCUT2D eigenvalue weighted by Gasteiger charge is 2.54. The number of carbonyl (C=O) groups excluding carboxylic acids is 1. The summed E-state index contributed by atoms with van der Waals surface area (Å²) in [5, 5.41) is 0. The number of rotatable bonds is 3. The maximum atomic E-state index is 11.4. The third-order valence-corrected chi connectivity index (χ3v) is 2.74. The van der Waals surface area contributed by atoms with Gasteiger partial charge in [-0.05, 0) is 28.1 Å². The SMILES string of the molecule is COC(=O)C1(Oc2ccc(Br)nc2)CC1. The van der Waals surface area contributed by atoms with Crippen molar-refractivity contribution in [1.29, 1.82) is 0 Å². The first-order chi connectivity index (χ1) is 7.16. The standard InChI is InChI=1S/C10H10BrNO3/c1-14-9(13)10(4-5-10)15-7-2-3-8(11)12-6-7/h2-3,6H,4-5H2,1H3. The summed E-state index contributed by atoms with van der Waals surface area (Å²) >= 11 is 3.23. The summed E-state index contributed by atoms with van der Waals surface area (Å²) in [7, 11) is 1.37. The van der Waals surface area contributed by atoms with E-state index >= 15 is 0 Å². The number of carbonyl (C=O) groups is 1. The van der Waals surface area contributed by atoms with Crippen LogP contribution in [0.2, 0.25) is 0 Å². The van der Waals surface area contributed by atoms with Crippen molar-refractivity contribution in [1.82, 2.24) is 4.98 Å². The maximum absolute atomic E-state index is 11.4. The van der Waals surface area contributed by atoms with E-state index < -0.39 is 5.60 Å². The van der Waals surface area contributed by atoms with Gasteiger partial charge in [0.1, 0.15) is 10.4 Å². The van der Waals surface area contributed by atoms with Crippen molar-refractivity contribution < 1.29 is 14.3 Å². The first kappa shape index (κ1) is 10.4. The zero-order chi connectivity index (χ0) is 10.9. The lowest BCUT2D eigenvalue weighted by molar-refractivity contribution is -0.151. The molecule has 1 heterocycles. The Bertz CT molecular complexity index is 373.